The summed E-state index contributed by atoms with van der Waals surface area (Å²) < 4.78 is 0. The van der Waals surface area contributed by atoms with Crippen LogP contribution in [0.1, 0.15) is 5.56 Å². The van der Waals surface area contributed by atoms with E-state index in [4.69, 9.17) is 11.6 Å². The van der Waals surface area contributed by atoms with Gasteiger partial charge in [-0.25, -0.2) is 4.98 Å². The monoisotopic (exact) mass is 287 g/mol. The molecule has 1 aliphatic rings. The van der Waals surface area contributed by atoms with Crippen molar-refractivity contribution in [3.05, 3.63) is 54.2 Å². The molecular weight excluding hydrogens is 270 g/mol. The molecule has 0 amide bonds. The fourth-order valence-corrected chi connectivity index (χ4v) is 2.84. The molecule has 4 heteroatoms. The van der Waals surface area contributed by atoms with E-state index in [1.807, 2.05) is 12.3 Å². The highest BCUT2D eigenvalue weighted by Crippen LogP contribution is 2.22. The van der Waals surface area contributed by atoms with Gasteiger partial charge in [0.25, 0.3) is 0 Å². The Balaban J connectivity index is 1.70. The Labute approximate surface area is 124 Å². The van der Waals surface area contributed by atoms with Gasteiger partial charge >= 0.3 is 0 Å². The first-order chi connectivity index (χ1) is 9.88. The maximum atomic E-state index is 6.00. The molecule has 0 bridgehead atoms. The molecule has 0 N–H and O–H groups in total. The minimum atomic E-state index is 0.516. The molecule has 1 fully saturated rings. The van der Waals surface area contributed by atoms with Crippen molar-refractivity contribution in [2.45, 2.75) is 5.88 Å². The molecule has 0 aliphatic carbocycles. The lowest BCUT2D eigenvalue weighted by Crippen LogP contribution is -2.47. The predicted octanol–water partition coefficient (Wildman–Crippen LogP) is 3.15. The van der Waals surface area contributed by atoms with E-state index in [9.17, 15) is 0 Å². The maximum Gasteiger partial charge on any atom is 0.133 e. The van der Waals surface area contributed by atoms with Crippen molar-refractivity contribution >= 4 is 23.1 Å². The third-order valence-electron chi connectivity index (χ3n) is 3.71. The molecule has 1 aromatic heterocycles. The topological polar surface area (TPSA) is 19.4 Å². The summed E-state index contributed by atoms with van der Waals surface area (Å²) >= 11 is 6.00. The number of anilines is 2. The Morgan fingerprint density at radius 1 is 0.900 bits per heavy atom. The first-order valence-electron chi connectivity index (χ1n) is 6.93. The number of piperazine rings is 1. The van der Waals surface area contributed by atoms with Crippen molar-refractivity contribution in [1.82, 2.24) is 4.98 Å². The fraction of sp³-hybridized carbons (Fsp3) is 0.312. The van der Waals surface area contributed by atoms with Crippen LogP contribution >= 0.6 is 11.6 Å². The molecule has 1 aliphatic heterocycles. The number of alkyl halides is 1. The summed E-state index contributed by atoms with van der Waals surface area (Å²) in [5.41, 5.74) is 2.41. The molecule has 0 saturated carbocycles. The van der Waals surface area contributed by atoms with E-state index >= 15 is 0 Å². The number of hydrogen-bond acceptors (Lipinski definition) is 3. The zero-order valence-electron chi connectivity index (χ0n) is 11.4. The molecule has 1 aromatic carbocycles. The zero-order chi connectivity index (χ0) is 13.8. The van der Waals surface area contributed by atoms with Gasteiger partial charge in [0.15, 0.2) is 0 Å². The van der Waals surface area contributed by atoms with Gasteiger partial charge in [0.05, 0.1) is 5.88 Å². The molecule has 104 valence electrons. The van der Waals surface area contributed by atoms with E-state index in [0.29, 0.717) is 5.88 Å². The van der Waals surface area contributed by atoms with Crippen molar-refractivity contribution in [3.8, 4) is 0 Å². The lowest BCUT2D eigenvalue weighted by molar-refractivity contribution is 0.646. The normalized spacial score (nSPS) is 15.4. The number of para-hydroxylation sites is 1. The van der Waals surface area contributed by atoms with Crippen molar-refractivity contribution < 1.29 is 0 Å². The van der Waals surface area contributed by atoms with Crippen LogP contribution in [0.15, 0.2) is 48.7 Å². The van der Waals surface area contributed by atoms with E-state index < -0.39 is 0 Å². The van der Waals surface area contributed by atoms with Crippen molar-refractivity contribution in [1.29, 1.82) is 0 Å². The summed E-state index contributed by atoms with van der Waals surface area (Å²) in [4.78, 5) is 9.24. The Kier molecular flexibility index (Phi) is 4.07. The van der Waals surface area contributed by atoms with Gasteiger partial charge in [-0.15, -0.1) is 11.6 Å². The molecule has 1 saturated heterocycles. The van der Waals surface area contributed by atoms with Crippen LogP contribution in [0.5, 0.6) is 0 Å². The first kappa shape index (κ1) is 13.3. The van der Waals surface area contributed by atoms with E-state index in [0.717, 1.165) is 37.6 Å². The van der Waals surface area contributed by atoms with Crippen LogP contribution in [0, 0.1) is 0 Å². The van der Waals surface area contributed by atoms with Gasteiger partial charge in [0.2, 0.25) is 0 Å². The zero-order valence-corrected chi connectivity index (χ0v) is 12.1. The first-order valence-corrected chi connectivity index (χ1v) is 7.47. The van der Waals surface area contributed by atoms with Gasteiger partial charge in [0, 0.05) is 43.6 Å². The van der Waals surface area contributed by atoms with E-state index in [-0.39, 0.29) is 0 Å². The quantitative estimate of drug-likeness (QED) is 0.809. The molecule has 20 heavy (non-hydrogen) atoms. The van der Waals surface area contributed by atoms with Crippen LogP contribution in [0.2, 0.25) is 0 Å². The minimum absolute atomic E-state index is 0.516. The van der Waals surface area contributed by atoms with Crippen LogP contribution < -0.4 is 9.80 Å². The Morgan fingerprint density at radius 3 is 2.30 bits per heavy atom. The van der Waals surface area contributed by atoms with Gasteiger partial charge in [-0.05, 0) is 18.2 Å². The average molecular weight is 288 g/mol. The molecule has 2 heterocycles. The van der Waals surface area contributed by atoms with Crippen LogP contribution in [0.4, 0.5) is 11.5 Å². The second kappa shape index (κ2) is 6.14. The second-order valence-corrected chi connectivity index (χ2v) is 5.20. The molecule has 0 unspecified atom stereocenters. The third-order valence-corrected chi connectivity index (χ3v) is 4.00. The lowest BCUT2D eigenvalue weighted by Gasteiger charge is -2.37. The van der Waals surface area contributed by atoms with Gasteiger partial charge in [0.1, 0.15) is 5.82 Å². The van der Waals surface area contributed by atoms with Crippen molar-refractivity contribution in [3.63, 3.8) is 0 Å². The number of pyridine rings is 1. The second-order valence-electron chi connectivity index (χ2n) is 4.93. The van der Waals surface area contributed by atoms with Crippen molar-refractivity contribution in [2.75, 3.05) is 36.0 Å². The van der Waals surface area contributed by atoms with Gasteiger partial charge < -0.3 is 9.80 Å². The van der Waals surface area contributed by atoms with Crippen LogP contribution in [-0.4, -0.2) is 31.2 Å². The number of benzene rings is 1. The number of aromatic nitrogens is 1. The van der Waals surface area contributed by atoms with Gasteiger partial charge in [-0.1, -0.05) is 24.3 Å². The summed E-state index contributed by atoms with van der Waals surface area (Å²) in [5, 5.41) is 0. The highest BCUT2D eigenvalue weighted by molar-refractivity contribution is 6.17. The molecule has 3 rings (SSSR count). The summed E-state index contributed by atoms with van der Waals surface area (Å²) in [6, 6.07) is 14.6. The fourth-order valence-electron chi connectivity index (χ4n) is 2.63. The van der Waals surface area contributed by atoms with Gasteiger partial charge in [-0.3, -0.25) is 0 Å². The molecule has 0 spiro atoms. The summed E-state index contributed by atoms with van der Waals surface area (Å²) in [7, 11) is 0. The Hall–Kier alpha value is -1.74. The SMILES string of the molecule is ClCc1cccnc1N1CCN(c2ccccc2)CC1. The van der Waals surface area contributed by atoms with Crippen LogP contribution in [-0.2, 0) is 5.88 Å². The standard InChI is InChI=1S/C16H18ClN3/c17-13-14-5-4-8-18-16(14)20-11-9-19(10-12-20)15-6-2-1-3-7-15/h1-8H,9-13H2. The highest BCUT2D eigenvalue weighted by atomic mass is 35.5. The van der Waals surface area contributed by atoms with Crippen LogP contribution in [0.25, 0.3) is 0 Å². The predicted molar refractivity (Wildman–Crippen MR) is 84.7 cm³/mol. The smallest absolute Gasteiger partial charge is 0.133 e. The molecule has 0 atom stereocenters. The van der Waals surface area contributed by atoms with E-state index in [2.05, 4.69) is 51.2 Å². The third kappa shape index (κ3) is 2.73. The van der Waals surface area contributed by atoms with E-state index in [1.54, 1.807) is 0 Å². The van der Waals surface area contributed by atoms with Crippen molar-refractivity contribution in [2.24, 2.45) is 0 Å². The Bertz CT molecular complexity index is 551. The van der Waals surface area contributed by atoms with Crippen LogP contribution in [0.3, 0.4) is 0 Å². The lowest BCUT2D eigenvalue weighted by atomic mass is 10.2. The largest absolute Gasteiger partial charge is 0.368 e. The number of halogens is 1. The number of nitrogens with zero attached hydrogens (tertiary/aromatic N) is 3. The number of rotatable bonds is 3. The number of hydrogen-bond donors (Lipinski definition) is 0. The summed E-state index contributed by atoms with van der Waals surface area (Å²) in [6.45, 7) is 4.00. The minimum Gasteiger partial charge on any atom is -0.368 e. The summed E-state index contributed by atoms with van der Waals surface area (Å²) in [5.74, 6) is 1.55. The molecule has 3 nitrogen and oxygen atoms in total. The highest BCUT2D eigenvalue weighted by Gasteiger charge is 2.19. The molecule has 2 aromatic rings. The summed E-state index contributed by atoms with van der Waals surface area (Å²) in [6.07, 6.45) is 1.84. The maximum absolute atomic E-state index is 6.00. The Morgan fingerprint density at radius 2 is 1.60 bits per heavy atom. The molecular formula is C16H18ClN3. The van der Waals surface area contributed by atoms with Gasteiger partial charge in [-0.2, -0.15) is 0 Å². The average Bonchev–Trinajstić information content (AvgIpc) is 2.56. The van der Waals surface area contributed by atoms with E-state index in [1.165, 1.54) is 5.69 Å². The molecule has 0 radical (unpaired) electrons.